The Morgan fingerprint density at radius 3 is 3.00 bits per heavy atom. The van der Waals surface area contributed by atoms with Crippen molar-refractivity contribution in [3.8, 4) is 0 Å². The fourth-order valence-electron chi connectivity index (χ4n) is 1.99. The Morgan fingerprint density at radius 1 is 1.50 bits per heavy atom. The highest BCUT2D eigenvalue weighted by Gasteiger charge is 2.15. The van der Waals surface area contributed by atoms with E-state index in [0.717, 1.165) is 32.1 Å². The summed E-state index contributed by atoms with van der Waals surface area (Å²) in [5, 5.41) is 6.62. The Kier molecular flexibility index (Phi) is 5.01. The molecule has 0 aliphatic carbocycles. The average Bonchev–Trinajstić information content (AvgIpc) is 3.01. The molecule has 2 heterocycles. The summed E-state index contributed by atoms with van der Waals surface area (Å²) in [4.78, 5) is 6.88. The molecule has 0 amide bonds. The smallest absolute Gasteiger partial charge is 0.191 e. The van der Waals surface area contributed by atoms with Crippen LogP contribution in [-0.2, 0) is 11.3 Å². The maximum atomic E-state index is 5.57. The molecule has 18 heavy (non-hydrogen) atoms. The van der Waals surface area contributed by atoms with Gasteiger partial charge in [0.2, 0.25) is 0 Å². The molecule has 1 saturated heterocycles. The fourth-order valence-corrected chi connectivity index (χ4v) is 2.82. The van der Waals surface area contributed by atoms with E-state index in [9.17, 15) is 0 Å². The Bertz CT molecular complexity index is 397. The van der Waals surface area contributed by atoms with Crippen LogP contribution in [-0.4, -0.2) is 32.3 Å². The molecular formula is C13H21N3OS. The quantitative estimate of drug-likeness (QED) is 0.647. The third-order valence-corrected chi connectivity index (χ3v) is 3.97. The van der Waals surface area contributed by atoms with Crippen LogP contribution in [0.2, 0.25) is 0 Å². The van der Waals surface area contributed by atoms with Crippen LogP contribution in [0, 0.1) is 6.92 Å². The Labute approximate surface area is 112 Å². The van der Waals surface area contributed by atoms with Crippen LogP contribution in [0.3, 0.4) is 0 Å². The second-order valence-corrected chi connectivity index (χ2v) is 5.83. The van der Waals surface area contributed by atoms with Gasteiger partial charge in [-0.05, 0) is 31.9 Å². The number of nitrogens with one attached hydrogen (secondary N) is 2. The van der Waals surface area contributed by atoms with Crippen molar-refractivity contribution in [2.24, 2.45) is 4.99 Å². The summed E-state index contributed by atoms with van der Waals surface area (Å²) in [6.45, 7) is 4.68. The number of hydrogen-bond donors (Lipinski definition) is 2. The van der Waals surface area contributed by atoms with Crippen molar-refractivity contribution in [2.75, 3.05) is 20.2 Å². The van der Waals surface area contributed by atoms with Gasteiger partial charge in [-0.3, -0.25) is 4.99 Å². The highest BCUT2D eigenvalue weighted by Crippen LogP contribution is 2.14. The summed E-state index contributed by atoms with van der Waals surface area (Å²) >= 11 is 1.81. The lowest BCUT2D eigenvalue weighted by molar-refractivity contribution is 0.114. The minimum Gasteiger partial charge on any atom is -0.376 e. The van der Waals surface area contributed by atoms with Crippen LogP contribution in [0.5, 0.6) is 0 Å². The van der Waals surface area contributed by atoms with Crippen molar-refractivity contribution in [1.82, 2.24) is 10.6 Å². The third-order valence-electron chi connectivity index (χ3n) is 2.97. The van der Waals surface area contributed by atoms with Crippen LogP contribution in [0.25, 0.3) is 0 Å². The first-order chi connectivity index (χ1) is 8.78. The van der Waals surface area contributed by atoms with Gasteiger partial charge in [0.25, 0.3) is 0 Å². The predicted molar refractivity (Wildman–Crippen MR) is 76.2 cm³/mol. The van der Waals surface area contributed by atoms with E-state index in [0.29, 0.717) is 6.10 Å². The van der Waals surface area contributed by atoms with Crippen molar-refractivity contribution >= 4 is 17.3 Å². The molecule has 1 fully saturated rings. The van der Waals surface area contributed by atoms with Gasteiger partial charge in [-0.25, -0.2) is 0 Å². The first-order valence-electron chi connectivity index (χ1n) is 6.39. The van der Waals surface area contributed by atoms with Crippen molar-refractivity contribution < 1.29 is 4.74 Å². The molecule has 0 saturated carbocycles. The van der Waals surface area contributed by atoms with Gasteiger partial charge in [-0.15, -0.1) is 11.3 Å². The van der Waals surface area contributed by atoms with Gasteiger partial charge in [-0.2, -0.15) is 0 Å². The van der Waals surface area contributed by atoms with Crippen LogP contribution in [0.15, 0.2) is 17.1 Å². The number of thiophene rings is 1. The molecule has 1 aromatic heterocycles. The minimum atomic E-state index is 0.340. The molecule has 100 valence electrons. The van der Waals surface area contributed by atoms with Gasteiger partial charge in [0.15, 0.2) is 5.96 Å². The summed E-state index contributed by atoms with van der Waals surface area (Å²) in [5.41, 5.74) is 0. The number of guanidine groups is 1. The molecule has 1 aromatic rings. The largest absolute Gasteiger partial charge is 0.376 e. The molecule has 1 unspecified atom stereocenters. The van der Waals surface area contributed by atoms with Gasteiger partial charge in [0.1, 0.15) is 0 Å². The van der Waals surface area contributed by atoms with E-state index in [1.165, 1.54) is 16.2 Å². The van der Waals surface area contributed by atoms with E-state index < -0.39 is 0 Å². The lowest BCUT2D eigenvalue weighted by Gasteiger charge is -2.14. The molecule has 2 N–H and O–H groups in total. The van der Waals surface area contributed by atoms with Gasteiger partial charge in [0.05, 0.1) is 12.6 Å². The molecule has 0 aromatic carbocycles. The zero-order valence-electron chi connectivity index (χ0n) is 11.0. The van der Waals surface area contributed by atoms with Crippen LogP contribution < -0.4 is 10.6 Å². The standard InChI is InChI=1S/C13H21N3OS/c1-10-5-6-12(18-10)9-16-13(14-2)15-8-11-4-3-7-17-11/h5-6,11H,3-4,7-9H2,1-2H3,(H2,14,15,16). The number of ether oxygens (including phenoxy) is 1. The van der Waals surface area contributed by atoms with Crippen molar-refractivity contribution in [2.45, 2.75) is 32.4 Å². The van der Waals surface area contributed by atoms with E-state index in [-0.39, 0.29) is 0 Å². The first-order valence-corrected chi connectivity index (χ1v) is 7.21. The van der Waals surface area contributed by atoms with Crippen LogP contribution in [0.4, 0.5) is 0 Å². The van der Waals surface area contributed by atoms with E-state index in [1.807, 2.05) is 11.3 Å². The maximum absolute atomic E-state index is 5.57. The zero-order chi connectivity index (χ0) is 12.8. The molecular weight excluding hydrogens is 246 g/mol. The van der Waals surface area contributed by atoms with Crippen molar-refractivity contribution in [1.29, 1.82) is 0 Å². The van der Waals surface area contributed by atoms with Crippen LogP contribution in [0.1, 0.15) is 22.6 Å². The number of hydrogen-bond acceptors (Lipinski definition) is 3. The summed E-state index contributed by atoms with van der Waals surface area (Å²) in [5.74, 6) is 0.844. The first kappa shape index (κ1) is 13.4. The van der Waals surface area contributed by atoms with Crippen molar-refractivity contribution in [3.05, 3.63) is 21.9 Å². The van der Waals surface area contributed by atoms with Crippen molar-refractivity contribution in [3.63, 3.8) is 0 Å². The monoisotopic (exact) mass is 267 g/mol. The van der Waals surface area contributed by atoms with Gasteiger partial charge < -0.3 is 15.4 Å². The lowest BCUT2D eigenvalue weighted by Crippen LogP contribution is -2.40. The zero-order valence-corrected chi connectivity index (χ0v) is 11.8. The normalized spacial score (nSPS) is 20.1. The molecule has 0 radical (unpaired) electrons. The number of nitrogens with zero attached hydrogens (tertiary/aromatic N) is 1. The SMILES string of the molecule is CN=C(NCc1ccc(C)s1)NCC1CCCO1. The number of aliphatic imine (C=N–C) groups is 1. The van der Waals surface area contributed by atoms with E-state index in [4.69, 9.17) is 4.74 Å². The molecule has 4 nitrogen and oxygen atoms in total. The third kappa shape index (κ3) is 3.99. The topological polar surface area (TPSA) is 45.7 Å². The van der Waals surface area contributed by atoms with Gasteiger partial charge in [0, 0.05) is 30.0 Å². The lowest BCUT2D eigenvalue weighted by atomic mass is 10.2. The Hall–Kier alpha value is -1.07. The second kappa shape index (κ2) is 6.75. The molecule has 0 bridgehead atoms. The van der Waals surface area contributed by atoms with E-state index in [2.05, 4.69) is 34.7 Å². The highest BCUT2D eigenvalue weighted by atomic mass is 32.1. The van der Waals surface area contributed by atoms with Gasteiger partial charge >= 0.3 is 0 Å². The summed E-state index contributed by atoms with van der Waals surface area (Å²) < 4.78 is 5.57. The average molecular weight is 267 g/mol. The molecule has 1 aliphatic rings. The summed E-state index contributed by atoms with van der Waals surface area (Å²) in [6.07, 6.45) is 2.66. The summed E-state index contributed by atoms with van der Waals surface area (Å²) in [7, 11) is 1.80. The fraction of sp³-hybridized carbons (Fsp3) is 0.615. The Balaban J connectivity index is 1.72. The van der Waals surface area contributed by atoms with E-state index >= 15 is 0 Å². The molecule has 0 spiro atoms. The minimum absolute atomic E-state index is 0.340. The molecule has 1 aliphatic heterocycles. The second-order valence-electron chi connectivity index (χ2n) is 4.45. The molecule has 1 atom stereocenters. The molecule has 5 heteroatoms. The number of aryl methyl sites for hydroxylation is 1. The molecule has 2 rings (SSSR count). The predicted octanol–water partition coefficient (Wildman–Crippen LogP) is 1.90. The van der Waals surface area contributed by atoms with E-state index in [1.54, 1.807) is 7.05 Å². The maximum Gasteiger partial charge on any atom is 0.191 e. The Morgan fingerprint density at radius 2 is 2.39 bits per heavy atom. The highest BCUT2D eigenvalue weighted by molar-refractivity contribution is 7.11. The van der Waals surface area contributed by atoms with Gasteiger partial charge in [-0.1, -0.05) is 0 Å². The number of rotatable bonds is 4. The summed E-state index contributed by atoms with van der Waals surface area (Å²) in [6, 6.07) is 4.30. The van der Waals surface area contributed by atoms with Crippen LogP contribution >= 0.6 is 11.3 Å².